The van der Waals surface area contributed by atoms with Gasteiger partial charge in [-0.25, -0.2) is 4.79 Å². The highest BCUT2D eigenvalue weighted by molar-refractivity contribution is 6.31. The number of ether oxygens (including phenoxy) is 1. The fraction of sp³-hybridized carbons (Fsp3) is 0.214. The zero-order valence-corrected chi connectivity index (χ0v) is 21.6. The molecule has 0 spiro atoms. The number of rotatable bonds is 10. The normalized spacial score (nSPS) is 11.4. The Balaban J connectivity index is 1.64. The van der Waals surface area contributed by atoms with Crippen molar-refractivity contribution in [2.24, 2.45) is 0 Å². The number of hydrogen-bond donors (Lipinski definition) is 2. The Morgan fingerprint density at radius 2 is 1.77 bits per heavy atom. The third-order valence-electron chi connectivity index (χ3n) is 5.87. The topological polar surface area (TPSA) is 81.6 Å². The number of fused-ring (bicyclic) bond motifs is 1. The maximum Gasteiger partial charge on any atom is 0.416 e. The summed E-state index contributed by atoms with van der Waals surface area (Å²) in [4.78, 5) is 29.0. The number of carbonyl (C=O) groups is 2. The van der Waals surface area contributed by atoms with E-state index < -0.39 is 17.7 Å². The van der Waals surface area contributed by atoms with Gasteiger partial charge in [-0.2, -0.15) is 13.2 Å². The van der Waals surface area contributed by atoms with E-state index in [1.807, 2.05) is 25.1 Å². The predicted octanol–water partition coefficient (Wildman–Crippen LogP) is 6.43. The second kappa shape index (κ2) is 12.2. The molecule has 2 N–H and O–H groups in total. The van der Waals surface area contributed by atoms with E-state index in [1.54, 1.807) is 34.9 Å². The average molecular weight is 560 g/mol. The van der Waals surface area contributed by atoms with Crippen molar-refractivity contribution < 1.29 is 32.3 Å². The number of hydrogen-bond acceptors (Lipinski definition) is 5. The van der Waals surface area contributed by atoms with Crippen molar-refractivity contribution in [2.45, 2.75) is 39.1 Å². The van der Waals surface area contributed by atoms with E-state index in [4.69, 9.17) is 21.2 Å². The predicted molar refractivity (Wildman–Crippen MR) is 140 cm³/mol. The van der Waals surface area contributed by atoms with Crippen LogP contribution in [0.5, 0.6) is 5.75 Å². The zero-order valence-electron chi connectivity index (χ0n) is 20.8. The Labute approximate surface area is 227 Å². The second-order valence-corrected chi connectivity index (χ2v) is 9.10. The Morgan fingerprint density at radius 1 is 1.00 bits per heavy atom. The lowest BCUT2D eigenvalue weighted by atomic mass is 10.1. The molecule has 0 aliphatic carbocycles. The van der Waals surface area contributed by atoms with Crippen LogP contribution in [0.3, 0.4) is 0 Å². The van der Waals surface area contributed by atoms with Crippen molar-refractivity contribution in [3.63, 3.8) is 0 Å². The molecule has 0 saturated carbocycles. The van der Waals surface area contributed by atoms with E-state index in [0.717, 1.165) is 12.1 Å². The van der Waals surface area contributed by atoms with Crippen molar-refractivity contribution in [1.29, 1.82) is 0 Å². The number of halogens is 4. The van der Waals surface area contributed by atoms with Crippen LogP contribution in [0.15, 0.2) is 72.8 Å². The lowest BCUT2D eigenvalue weighted by Gasteiger charge is -2.15. The molecule has 0 unspecified atom stereocenters. The molecule has 1 aromatic heterocycles. The number of nitrogens with one attached hydrogen (secondary N) is 2. The van der Waals surface area contributed by atoms with Crippen LogP contribution in [0, 0.1) is 0 Å². The zero-order chi connectivity index (χ0) is 28.0. The summed E-state index contributed by atoms with van der Waals surface area (Å²) in [6, 6.07) is 18.8. The minimum Gasteiger partial charge on any atom is -0.487 e. The van der Waals surface area contributed by atoms with Gasteiger partial charge in [0.1, 0.15) is 12.4 Å². The molecule has 0 fully saturated rings. The fourth-order valence-electron chi connectivity index (χ4n) is 3.96. The van der Waals surface area contributed by atoms with E-state index in [9.17, 15) is 22.8 Å². The molecule has 0 saturated heterocycles. The monoisotopic (exact) mass is 559 g/mol. The number of nitrogens with zero attached hydrogens (tertiary/aromatic N) is 1. The van der Waals surface area contributed by atoms with Crippen LogP contribution in [-0.2, 0) is 29.0 Å². The number of aromatic nitrogens is 1. The van der Waals surface area contributed by atoms with E-state index in [1.165, 1.54) is 12.1 Å². The molecule has 204 valence electrons. The van der Waals surface area contributed by atoms with Crippen LogP contribution in [-0.4, -0.2) is 16.4 Å². The van der Waals surface area contributed by atoms with E-state index >= 15 is 0 Å². The van der Waals surface area contributed by atoms with Crippen molar-refractivity contribution in [3.8, 4) is 5.75 Å². The number of alkyl halides is 3. The van der Waals surface area contributed by atoms with Crippen molar-refractivity contribution in [2.75, 3.05) is 0 Å². The summed E-state index contributed by atoms with van der Waals surface area (Å²) in [5.41, 5.74) is 5.39. The Hall–Kier alpha value is -4.02. The Bertz CT molecular complexity index is 1470. The van der Waals surface area contributed by atoms with Gasteiger partial charge in [-0.05, 0) is 66.6 Å². The molecule has 7 nitrogen and oxygen atoms in total. The van der Waals surface area contributed by atoms with Gasteiger partial charge in [0.2, 0.25) is 5.91 Å². The smallest absolute Gasteiger partial charge is 0.416 e. The van der Waals surface area contributed by atoms with Gasteiger partial charge < -0.3 is 14.1 Å². The molecular formula is C28H25ClF3N3O4. The maximum atomic E-state index is 13.4. The number of benzene rings is 3. The molecule has 4 aromatic rings. The first-order valence-corrected chi connectivity index (χ1v) is 12.4. The first-order valence-electron chi connectivity index (χ1n) is 12.1. The quantitative estimate of drug-likeness (QED) is 0.219. The first kappa shape index (κ1) is 28.0. The van der Waals surface area contributed by atoms with Crippen LogP contribution in [0.4, 0.5) is 13.2 Å². The summed E-state index contributed by atoms with van der Waals surface area (Å²) >= 11 is 6.29. The van der Waals surface area contributed by atoms with Gasteiger partial charge in [0.25, 0.3) is 0 Å². The van der Waals surface area contributed by atoms with Crippen LogP contribution in [0.1, 0.15) is 46.9 Å². The second-order valence-electron chi connectivity index (χ2n) is 8.69. The van der Waals surface area contributed by atoms with E-state index in [-0.39, 0.29) is 41.6 Å². The van der Waals surface area contributed by atoms with Crippen LogP contribution >= 0.6 is 11.6 Å². The minimum atomic E-state index is -4.52. The number of para-hydroxylation sites is 1. The van der Waals surface area contributed by atoms with Gasteiger partial charge in [-0.1, -0.05) is 42.3 Å². The summed E-state index contributed by atoms with van der Waals surface area (Å²) in [6.45, 7) is 1.99. The van der Waals surface area contributed by atoms with Gasteiger partial charge in [0.05, 0.1) is 16.8 Å². The SMILES string of the molecule is CCCC(=O)NNOC(=O)c1ccc2c(c1)cc(COc1ccccc1)n2Cc1cc(C(F)(F)F)ccc1Cl. The lowest BCUT2D eigenvalue weighted by Crippen LogP contribution is -2.38. The number of amides is 1. The Kier molecular flexibility index (Phi) is 8.78. The molecule has 39 heavy (non-hydrogen) atoms. The summed E-state index contributed by atoms with van der Waals surface area (Å²) in [5, 5.41) is 0.824. The number of carbonyl (C=O) groups excluding carboxylic acids is 2. The lowest BCUT2D eigenvalue weighted by molar-refractivity contribution is -0.137. The van der Waals surface area contributed by atoms with Gasteiger partial charge >= 0.3 is 12.1 Å². The standard InChI is InChI=1S/C28H25ClF3N3O4/c1-2-6-26(36)33-34-39-27(37)18-9-12-25-19(13-18)15-22(17-38-23-7-4-3-5-8-23)35(25)16-20-14-21(28(30,31)32)10-11-24(20)29/h3-5,7-15,34H,2,6,16-17H2,1H3,(H,33,36). The van der Waals surface area contributed by atoms with Crippen LogP contribution in [0.2, 0.25) is 5.02 Å². The molecule has 0 aliphatic heterocycles. The van der Waals surface area contributed by atoms with Gasteiger partial charge in [0, 0.05) is 28.9 Å². The molecule has 11 heteroatoms. The molecule has 0 aliphatic rings. The highest BCUT2D eigenvalue weighted by atomic mass is 35.5. The maximum absolute atomic E-state index is 13.4. The van der Waals surface area contributed by atoms with Gasteiger partial charge in [0.15, 0.2) is 0 Å². The highest BCUT2D eigenvalue weighted by Crippen LogP contribution is 2.33. The van der Waals surface area contributed by atoms with Crippen LogP contribution in [0.25, 0.3) is 10.9 Å². The molecule has 3 aromatic carbocycles. The van der Waals surface area contributed by atoms with Crippen molar-refractivity contribution >= 4 is 34.4 Å². The molecule has 0 atom stereocenters. The third kappa shape index (κ3) is 7.10. The highest BCUT2D eigenvalue weighted by Gasteiger charge is 2.31. The molecule has 4 rings (SSSR count). The van der Waals surface area contributed by atoms with E-state index in [2.05, 4.69) is 11.0 Å². The molecular weight excluding hydrogens is 535 g/mol. The number of hydrazine groups is 1. The molecule has 1 heterocycles. The summed E-state index contributed by atoms with van der Waals surface area (Å²) in [7, 11) is 0. The fourth-order valence-corrected chi connectivity index (χ4v) is 4.13. The minimum absolute atomic E-state index is 0.0363. The average Bonchev–Trinajstić information content (AvgIpc) is 3.25. The molecule has 0 radical (unpaired) electrons. The summed E-state index contributed by atoms with van der Waals surface area (Å²) in [5.74, 6) is -0.439. The van der Waals surface area contributed by atoms with Crippen molar-refractivity contribution in [1.82, 2.24) is 15.6 Å². The first-order chi connectivity index (χ1) is 18.7. The summed E-state index contributed by atoms with van der Waals surface area (Å²) < 4.78 is 47.8. The largest absolute Gasteiger partial charge is 0.487 e. The third-order valence-corrected chi connectivity index (χ3v) is 6.23. The summed E-state index contributed by atoms with van der Waals surface area (Å²) in [6.07, 6.45) is -3.61. The van der Waals surface area contributed by atoms with Crippen molar-refractivity contribution in [3.05, 3.63) is 100 Å². The van der Waals surface area contributed by atoms with E-state index in [0.29, 0.717) is 28.8 Å². The Morgan fingerprint density at radius 3 is 2.49 bits per heavy atom. The van der Waals surface area contributed by atoms with Gasteiger partial charge in [-0.15, -0.1) is 0 Å². The van der Waals surface area contributed by atoms with Gasteiger partial charge in [-0.3, -0.25) is 10.2 Å². The van der Waals surface area contributed by atoms with Crippen LogP contribution < -0.4 is 15.8 Å². The molecule has 1 amide bonds. The molecule has 0 bridgehead atoms.